The summed E-state index contributed by atoms with van der Waals surface area (Å²) in [5, 5.41) is 3.15. The molecule has 1 heterocycles. The zero-order valence-electron chi connectivity index (χ0n) is 12.0. The predicted octanol–water partition coefficient (Wildman–Crippen LogP) is 2.84. The molecule has 0 saturated heterocycles. The van der Waals surface area contributed by atoms with Crippen LogP contribution in [0.4, 0.5) is 5.69 Å². The first-order chi connectivity index (χ1) is 9.52. The van der Waals surface area contributed by atoms with Crippen LogP contribution in [0, 0.1) is 5.92 Å². The van der Waals surface area contributed by atoms with E-state index >= 15 is 0 Å². The highest BCUT2D eigenvalue weighted by Gasteiger charge is 2.22. The quantitative estimate of drug-likeness (QED) is 0.887. The summed E-state index contributed by atoms with van der Waals surface area (Å²) >= 11 is 6.13. The van der Waals surface area contributed by atoms with Crippen molar-refractivity contribution in [3.8, 4) is 11.5 Å². The van der Waals surface area contributed by atoms with Crippen molar-refractivity contribution in [1.82, 2.24) is 0 Å². The van der Waals surface area contributed by atoms with Gasteiger partial charge in [-0.05, 0) is 5.92 Å². The third-order valence-corrected chi connectivity index (χ3v) is 3.76. The van der Waals surface area contributed by atoms with Crippen molar-refractivity contribution in [1.29, 1.82) is 0 Å². The number of nitrogens with two attached hydrogens (primary N) is 1. The second-order valence-electron chi connectivity index (χ2n) is 4.88. The molecule has 0 aromatic heterocycles. The van der Waals surface area contributed by atoms with Crippen molar-refractivity contribution in [2.45, 2.75) is 26.3 Å². The minimum atomic E-state index is -0.565. The summed E-state index contributed by atoms with van der Waals surface area (Å²) in [5.41, 5.74) is 6.38. The average Bonchev–Trinajstić information content (AvgIpc) is 2.46. The molecule has 2 rings (SSSR count). The standard InChI is InChI=1S/C14H19ClN2O3.ClH/c1-3-8(2)13(16)14(18)17-10-7-12-11(6-9(10)15)19-4-5-20-12;/h6-8,13H,3-5,16H2,1-2H3,(H,17,18);1H. The second-order valence-corrected chi connectivity index (χ2v) is 5.28. The van der Waals surface area contributed by atoms with E-state index in [9.17, 15) is 4.79 Å². The zero-order valence-corrected chi connectivity index (χ0v) is 13.6. The molecule has 0 fully saturated rings. The van der Waals surface area contributed by atoms with Gasteiger partial charge in [-0.15, -0.1) is 12.4 Å². The fraction of sp³-hybridized carbons (Fsp3) is 0.500. The molecule has 0 radical (unpaired) electrons. The number of hydrogen-bond acceptors (Lipinski definition) is 4. The Bertz CT molecular complexity index is 511. The van der Waals surface area contributed by atoms with Crippen molar-refractivity contribution in [2.24, 2.45) is 11.7 Å². The summed E-state index contributed by atoms with van der Waals surface area (Å²) in [4.78, 5) is 12.1. The first-order valence-corrected chi connectivity index (χ1v) is 7.06. The molecule has 2 atom stereocenters. The number of halogens is 2. The van der Waals surface area contributed by atoms with E-state index in [1.807, 2.05) is 13.8 Å². The summed E-state index contributed by atoms with van der Waals surface area (Å²) in [5.74, 6) is 1.02. The van der Waals surface area contributed by atoms with Gasteiger partial charge in [0.15, 0.2) is 11.5 Å². The van der Waals surface area contributed by atoms with Gasteiger partial charge in [0.25, 0.3) is 0 Å². The van der Waals surface area contributed by atoms with Crippen LogP contribution >= 0.6 is 24.0 Å². The number of nitrogens with one attached hydrogen (secondary N) is 1. The average molecular weight is 335 g/mol. The van der Waals surface area contributed by atoms with Crippen molar-refractivity contribution in [3.63, 3.8) is 0 Å². The number of ether oxygens (including phenoxy) is 2. The largest absolute Gasteiger partial charge is 0.486 e. The molecule has 0 spiro atoms. The molecule has 3 N–H and O–H groups in total. The number of rotatable bonds is 4. The third-order valence-electron chi connectivity index (χ3n) is 3.45. The first kappa shape index (κ1) is 17.9. The van der Waals surface area contributed by atoms with Gasteiger partial charge in [-0.1, -0.05) is 31.9 Å². The topological polar surface area (TPSA) is 73.6 Å². The van der Waals surface area contributed by atoms with Gasteiger partial charge in [0.1, 0.15) is 13.2 Å². The Morgan fingerprint density at radius 3 is 2.52 bits per heavy atom. The Morgan fingerprint density at radius 1 is 1.38 bits per heavy atom. The summed E-state index contributed by atoms with van der Waals surface area (Å²) in [6.07, 6.45) is 0.837. The number of amides is 1. The zero-order chi connectivity index (χ0) is 14.7. The minimum Gasteiger partial charge on any atom is -0.486 e. The molecule has 0 bridgehead atoms. The van der Waals surface area contributed by atoms with Gasteiger partial charge in [-0.2, -0.15) is 0 Å². The number of fused-ring (bicyclic) bond motifs is 1. The van der Waals surface area contributed by atoms with Crippen molar-refractivity contribution >= 4 is 35.6 Å². The highest BCUT2D eigenvalue weighted by Crippen LogP contribution is 2.38. The van der Waals surface area contributed by atoms with E-state index in [1.54, 1.807) is 12.1 Å². The molecule has 5 nitrogen and oxygen atoms in total. The Kier molecular flexibility index (Phi) is 6.58. The summed E-state index contributed by atoms with van der Waals surface area (Å²) < 4.78 is 10.9. The number of benzene rings is 1. The van der Waals surface area contributed by atoms with E-state index in [0.717, 1.165) is 6.42 Å². The SMILES string of the molecule is CCC(C)C(N)C(=O)Nc1cc2c(cc1Cl)OCCO2.Cl. The Labute approximate surface area is 135 Å². The van der Waals surface area contributed by atoms with E-state index in [4.69, 9.17) is 26.8 Å². The molecular formula is C14H20Cl2N2O3. The van der Waals surface area contributed by atoms with Crippen LogP contribution in [0.15, 0.2) is 12.1 Å². The number of anilines is 1. The molecule has 118 valence electrons. The molecule has 21 heavy (non-hydrogen) atoms. The van der Waals surface area contributed by atoms with Gasteiger partial charge in [0.05, 0.1) is 16.8 Å². The van der Waals surface area contributed by atoms with Crippen LogP contribution in [0.25, 0.3) is 0 Å². The van der Waals surface area contributed by atoms with Crippen LogP contribution in [-0.4, -0.2) is 25.2 Å². The van der Waals surface area contributed by atoms with Gasteiger partial charge in [0.2, 0.25) is 5.91 Å². The van der Waals surface area contributed by atoms with Crippen LogP contribution in [0.3, 0.4) is 0 Å². The van der Waals surface area contributed by atoms with Crippen LogP contribution in [0.1, 0.15) is 20.3 Å². The van der Waals surface area contributed by atoms with E-state index < -0.39 is 6.04 Å². The Balaban J connectivity index is 0.00000220. The second kappa shape index (κ2) is 7.73. The van der Waals surface area contributed by atoms with Gasteiger partial charge >= 0.3 is 0 Å². The molecule has 1 aliphatic rings. The molecule has 7 heteroatoms. The lowest BCUT2D eigenvalue weighted by Gasteiger charge is -2.21. The van der Waals surface area contributed by atoms with Gasteiger partial charge in [0, 0.05) is 12.1 Å². The smallest absolute Gasteiger partial charge is 0.241 e. The van der Waals surface area contributed by atoms with Crippen LogP contribution in [0.2, 0.25) is 5.02 Å². The number of carbonyl (C=O) groups is 1. The van der Waals surface area contributed by atoms with Gasteiger partial charge in [-0.3, -0.25) is 4.79 Å². The van der Waals surface area contributed by atoms with Crippen LogP contribution in [-0.2, 0) is 4.79 Å². The van der Waals surface area contributed by atoms with E-state index in [0.29, 0.717) is 35.4 Å². The maximum absolute atomic E-state index is 12.1. The lowest BCUT2D eigenvalue weighted by Crippen LogP contribution is -2.40. The summed E-state index contributed by atoms with van der Waals surface area (Å²) in [6.45, 7) is 4.91. The van der Waals surface area contributed by atoms with E-state index in [2.05, 4.69) is 5.32 Å². The monoisotopic (exact) mass is 334 g/mol. The Hall–Kier alpha value is -1.17. The predicted molar refractivity (Wildman–Crippen MR) is 85.8 cm³/mol. The van der Waals surface area contributed by atoms with E-state index in [1.165, 1.54) is 0 Å². The summed E-state index contributed by atoms with van der Waals surface area (Å²) in [7, 11) is 0. The van der Waals surface area contributed by atoms with Crippen LogP contribution < -0.4 is 20.5 Å². The molecule has 0 aliphatic carbocycles. The fourth-order valence-electron chi connectivity index (χ4n) is 1.89. The van der Waals surface area contributed by atoms with Crippen LogP contribution in [0.5, 0.6) is 11.5 Å². The molecule has 1 amide bonds. The van der Waals surface area contributed by atoms with Gasteiger partial charge < -0.3 is 20.5 Å². The first-order valence-electron chi connectivity index (χ1n) is 6.68. The summed E-state index contributed by atoms with van der Waals surface area (Å²) in [6, 6.07) is 2.74. The molecule has 2 unspecified atom stereocenters. The van der Waals surface area contributed by atoms with Crippen molar-refractivity contribution in [3.05, 3.63) is 17.2 Å². The third kappa shape index (κ3) is 4.15. The molecular weight excluding hydrogens is 315 g/mol. The van der Waals surface area contributed by atoms with Crippen molar-refractivity contribution in [2.75, 3.05) is 18.5 Å². The maximum atomic E-state index is 12.1. The van der Waals surface area contributed by atoms with Crippen molar-refractivity contribution < 1.29 is 14.3 Å². The van der Waals surface area contributed by atoms with Gasteiger partial charge in [-0.25, -0.2) is 0 Å². The van der Waals surface area contributed by atoms with E-state index in [-0.39, 0.29) is 24.2 Å². The number of carbonyl (C=O) groups excluding carboxylic acids is 1. The lowest BCUT2D eigenvalue weighted by atomic mass is 9.99. The normalized spacial score (nSPS) is 15.6. The Morgan fingerprint density at radius 2 is 1.95 bits per heavy atom. The highest BCUT2D eigenvalue weighted by molar-refractivity contribution is 6.34. The molecule has 1 aromatic rings. The lowest BCUT2D eigenvalue weighted by molar-refractivity contribution is -0.118. The fourth-order valence-corrected chi connectivity index (χ4v) is 2.09. The molecule has 0 saturated carbocycles. The highest BCUT2D eigenvalue weighted by atomic mass is 35.5. The molecule has 1 aliphatic heterocycles. The number of hydrogen-bond donors (Lipinski definition) is 2. The minimum absolute atomic E-state index is 0. The molecule has 1 aromatic carbocycles. The maximum Gasteiger partial charge on any atom is 0.241 e.